The number of nitrogens with one attached hydrogen (secondary N) is 1. The molecule has 0 heterocycles. The average Bonchev–Trinajstić information content (AvgIpc) is 2.40. The van der Waals surface area contributed by atoms with Crippen molar-refractivity contribution in [3.05, 3.63) is 69.2 Å². The zero-order chi connectivity index (χ0) is 15.6. The van der Waals surface area contributed by atoms with Gasteiger partial charge in [-0.1, -0.05) is 24.6 Å². The number of benzene rings is 2. The molecule has 0 aliphatic rings. The monoisotopic (exact) mass is 309 g/mol. The average molecular weight is 310 g/mol. The van der Waals surface area contributed by atoms with E-state index in [9.17, 15) is 8.78 Å². The van der Waals surface area contributed by atoms with E-state index >= 15 is 0 Å². The van der Waals surface area contributed by atoms with Crippen LogP contribution in [0.15, 0.2) is 30.3 Å². The van der Waals surface area contributed by atoms with E-state index in [-0.39, 0.29) is 16.9 Å². The number of aryl methyl sites for hydroxylation is 2. The van der Waals surface area contributed by atoms with Crippen LogP contribution in [0.5, 0.6) is 0 Å². The standard InChI is InChI=1S/C17H18ClF2N/c1-4-21-17(12-5-6-14(18)15(20)9-12)16-10(2)7-13(19)8-11(16)3/h5-9,17,21H,4H2,1-3H3. The minimum Gasteiger partial charge on any atom is -0.307 e. The predicted molar refractivity (Wildman–Crippen MR) is 82.8 cm³/mol. The molecule has 0 saturated carbocycles. The fourth-order valence-electron chi connectivity index (χ4n) is 2.66. The summed E-state index contributed by atoms with van der Waals surface area (Å²) >= 11 is 5.75. The zero-order valence-electron chi connectivity index (χ0n) is 12.3. The summed E-state index contributed by atoms with van der Waals surface area (Å²) in [6.07, 6.45) is 0. The third kappa shape index (κ3) is 3.42. The van der Waals surface area contributed by atoms with Gasteiger partial charge < -0.3 is 5.32 Å². The summed E-state index contributed by atoms with van der Waals surface area (Å²) < 4.78 is 27.2. The SMILES string of the molecule is CCNC(c1ccc(Cl)c(F)c1)c1c(C)cc(F)cc1C. The molecule has 2 aromatic rings. The predicted octanol–water partition coefficient (Wildman–Crippen LogP) is 4.93. The van der Waals surface area contributed by atoms with E-state index in [1.807, 2.05) is 20.8 Å². The van der Waals surface area contributed by atoms with Crippen LogP contribution in [0.1, 0.15) is 35.2 Å². The van der Waals surface area contributed by atoms with Crippen molar-refractivity contribution < 1.29 is 8.78 Å². The fraction of sp³-hybridized carbons (Fsp3) is 0.294. The van der Waals surface area contributed by atoms with Crippen LogP contribution < -0.4 is 5.32 Å². The topological polar surface area (TPSA) is 12.0 Å². The first-order valence-electron chi connectivity index (χ1n) is 6.89. The molecular weight excluding hydrogens is 292 g/mol. The molecule has 1 nitrogen and oxygen atoms in total. The summed E-state index contributed by atoms with van der Waals surface area (Å²) in [6.45, 7) is 6.42. The van der Waals surface area contributed by atoms with E-state index in [1.165, 1.54) is 18.2 Å². The lowest BCUT2D eigenvalue weighted by Crippen LogP contribution is -2.24. The molecule has 0 radical (unpaired) electrons. The molecule has 1 N–H and O–H groups in total. The van der Waals surface area contributed by atoms with E-state index in [0.29, 0.717) is 6.54 Å². The van der Waals surface area contributed by atoms with E-state index in [1.54, 1.807) is 12.1 Å². The maximum Gasteiger partial charge on any atom is 0.142 e. The van der Waals surface area contributed by atoms with Crippen LogP contribution in [0.3, 0.4) is 0 Å². The summed E-state index contributed by atoms with van der Waals surface area (Å²) in [5.74, 6) is -0.708. The molecule has 0 spiro atoms. The Morgan fingerprint density at radius 2 is 1.71 bits per heavy atom. The minimum absolute atomic E-state index is 0.0987. The third-order valence-electron chi connectivity index (χ3n) is 3.53. The van der Waals surface area contributed by atoms with E-state index in [0.717, 1.165) is 22.3 Å². The molecule has 0 saturated heterocycles. The molecular formula is C17H18ClF2N. The second-order valence-corrected chi connectivity index (χ2v) is 5.52. The van der Waals surface area contributed by atoms with Gasteiger partial charge in [0.2, 0.25) is 0 Å². The molecule has 1 unspecified atom stereocenters. The second kappa shape index (κ2) is 6.54. The summed E-state index contributed by atoms with van der Waals surface area (Å²) in [6, 6.07) is 7.57. The molecule has 1 atom stereocenters. The van der Waals surface area contributed by atoms with Crippen molar-refractivity contribution in [3.63, 3.8) is 0 Å². The molecule has 2 aromatic carbocycles. The van der Waals surface area contributed by atoms with Crippen molar-refractivity contribution in [1.29, 1.82) is 0 Å². The van der Waals surface area contributed by atoms with Gasteiger partial charge in [0.15, 0.2) is 0 Å². The molecule has 2 rings (SSSR count). The number of hydrogen-bond donors (Lipinski definition) is 1. The van der Waals surface area contributed by atoms with Gasteiger partial charge in [0, 0.05) is 0 Å². The summed E-state index contributed by atoms with van der Waals surface area (Å²) in [4.78, 5) is 0. The van der Waals surface area contributed by atoms with Gasteiger partial charge in [-0.3, -0.25) is 0 Å². The Bertz CT molecular complexity index is 632. The van der Waals surface area contributed by atoms with Crippen LogP contribution in [0.25, 0.3) is 0 Å². The molecule has 0 aromatic heterocycles. The van der Waals surface area contributed by atoms with Crippen LogP contribution in [0.2, 0.25) is 5.02 Å². The maximum atomic E-state index is 13.7. The largest absolute Gasteiger partial charge is 0.307 e. The normalized spacial score (nSPS) is 12.5. The highest BCUT2D eigenvalue weighted by Crippen LogP contribution is 2.30. The molecule has 112 valence electrons. The Labute approximate surface area is 128 Å². The molecule has 0 aliphatic heterocycles. The molecule has 4 heteroatoms. The maximum absolute atomic E-state index is 13.7. The lowest BCUT2D eigenvalue weighted by molar-refractivity contribution is 0.594. The van der Waals surface area contributed by atoms with Gasteiger partial charge in [-0.05, 0) is 66.9 Å². The van der Waals surface area contributed by atoms with Crippen molar-refractivity contribution in [2.45, 2.75) is 26.8 Å². The van der Waals surface area contributed by atoms with E-state index in [2.05, 4.69) is 5.32 Å². The lowest BCUT2D eigenvalue weighted by Gasteiger charge is -2.23. The number of rotatable bonds is 4. The second-order valence-electron chi connectivity index (χ2n) is 5.12. The minimum atomic E-state index is -0.450. The Hall–Kier alpha value is -1.45. The third-order valence-corrected chi connectivity index (χ3v) is 3.84. The highest BCUT2D eigenvalue weighted by molar-refractivity contribution is 6.30. The van der Waals surface area contributed by atoms with Crippen LogP contribution in [-0.2, 0) is 0 Å². The van der Waals surface area contributed by atoms with Crippen LogP contribution in [-0.4, -0.2) is 6.54 Å². The van der Waals surface area contributed by atoms with Gasteiger partial charge >= 0.3 is 0 Å². The van der Waals surface area contributed by atoms with Crippen molar-refractivity contribution >= 4 is 11.6 Å². The molecule has 0 amide bonds. The van der Waals surface area contributed by atoms with Gasteiger partial charge in [0.05, 0.1) is 11.1 Å². The highest BCUT2D eigenvalue weighted by atomic mass is 35.5. The number of hydrogen-bond acceptors (Lipinski definition) is 1. The van der Waals surface area contributed by atoms with Crippen molar-refractivity contribution in [2.75, 3.05) is 6.54 Å². The molecule has 0 fully saturated rings. The number of halogens is 3. The Morgan fingerprint density at radius 3 is 2.24 bits per heavy atom. The smallest absolute Gasteiger partial charge is 0.142 e. The fourth-order valence-corrected chi connectivity index (χ4v) is 2.78. The van der Waals surface area contributed by atoms with Crippen molar-refractivity contribution in [2.24, 2.45) is 0 Å². The summed E-state index contributed by atoms with van der Waals surface area (Å²) in [5.41, 5.74) is 3.43. The lowest BCUT2D eigenvalue weighted by atomic mass is 9.91. The van der Waals surface area contributed by atoms with Gasteiger partial charge in [-0.15, -0.1) is 0 Å². The van der Waals surface area contributed by atoms with Crippen LogP contribution in [0, 0.1) is 25.5 Å². The molecule has 0 bridgehead atoms. The van der Waals surface area contributed by atoms with E-state index in [4.69, 9.17) is 11.6 Å². The first kappa shape index (κ1) is 15.9. The van der Waals surface area contributed by atoms with Crippen molar-refractivity contribution in [1.82, 2.24) is 5.32 Å². The Balaban J connectivity index is 2.55. The van der Waals surface area contributed by atoms with Gasteiger partial charge in [0.1, 0.15) is 11.6 Å². The highest BCUT2D eigenvalue weighted by Gasteiger charge is 2.19. The zero-order valence-corrected chi connectivity index (χ0v) is 13.1. The quantitative estimate of drug-likeness (QED) is 0.844. The first-order valence-corrected chi connectivity index (χ1v) is 7.26. The van der Waals surface area contributed by atoms with Gasteiger partial charge in [-0.25, -0.2) is 8.78 Å². The van der Waals surface area contributed by atoms with Gasteiger partial charge in [-0.2, -0.15) is 0 Å². The van der Waals surface area contributed by atoms with Crippen molar-refractivity contribution in [3.8, 4) is 0 Å². The summed E-state index contributed by atoms with van der Waals surface area (Å²) in [5, 5.41) is 3.43. The Kier molecular flexibility index (Phi) is 4.96. The van der Waals surface area contributed by atoms with Crippen LogP contribution in [0.4, 0.5) is 8.78 Å². The molecule has 0 aliphatic carbocycles. The van der Waals surface area contributed by atoms with Gasteiger partial charge in [0.25, 0.3) is 0 Å². The van der Waals surface area contributed by atoms with Crippen LogP contribution >= 0.6 is 11.6 Å². The van der Waals surface area contributed by atoms with E-state index < -0.39 is 5.82 Å². The summed E-state index contributed by atoms with van der Waals surface area (Å²) in [7, 11) is 0. The first-order chi connectivity index (χ1) is 9.93. The molecule has 21 heavy (non-hydrogen) atoms. The Morgan fingerprint density at radius 1 is 1.10 bits per heavy atom.